The molecule has 0 aromatic heterocycles. The fourth-order valence-electron chi connectivity index (χ4n) is 3.15. The SMILES string of the molecule is COc1cccc2c1OCC(N)C2N1CCN(C)CC1. The number of piperazine rings is 1. The van der Waals surface area contributed by atoms with E-state index in [9.17, 15) is 0 Å². The standard InChI is InChI=1S/C15H23N3O2/c1-17-6-8-18(9-7-17)14-11-4-3-5-13(19-2)15(11)20-10-12(14)16/h3-5,12,14H,6-10,16H2,1-2H3. The Kier molecular flexibility index (Phi) is 3.83. The Morgan fingerprint density at radius 3 is 2.70 bits per heavy atom. The van der Waals surface area contributed by atoms with Crippen LogP contribution in [0.3, 0.4) is 0 Å². The number of benzene rings is 1. The van der Waals surface area contributed by atoms with Crippen LogP contribution in [0.5, 0.6) is 11.5 Å². The Morgan fingerprint density at radius 1 is 1.25 bits per heavy atom. The quantitative estimate of drug-likeness (QED) is 0.862. The Bertz CT molecular complexity index is 472. The van der Waals surface area contributed by atoms with Gasteiger partial charge in [-0.2, -0.15) is 0 Å². The molecule has 0 saturated carbocycles. The summed E-state index contributed by atoms with van der Waals surface area (Å²) in [5.74, 6) is 1.66. The normalized spacial score (nSPS) is 27.8. The average molecular weight is 277 g/mol. The zero-order valence-corrected chi connectivity index (χ0v) is 12.2. The first-order valence-electron chi connectivity index (χ1n) is 7.18. The largest absolute Gasteiger partial charge is 0.493 e. The van der Waals surface area contributed by atoms with Gasteiger partial charge in [-0.15, -0.1) is 0 Å². The number of para-hydroxylation sites is 1. The molecule has 2 heterocycles. The molecular weight excluding hydrogens is 254 g/mol. The molecule has 0 radical (unpaired) electrons. The molecule has 0 bridgehead atoms. The molecule has 2 aliphatic heterocycles. The van der Waals surface area contributed by atoms with Gasteiger partial charge in [0.05, 0.1) is 19.2 Å². The molecule has 5 heteroatoms. The second-order valence-corrected chi connectivity index (χ2v) is 5.64. The molecule has 1 fully saturated rings. The highest BCUT2D eigenvalue weighted by atomic mass is 16.5. The number of methoxy groups -OCH3 is 1. The molecular formula is C15H23N3O2. The first-order valence-corrected chi connectivity index (χ1v) is 7.18. The summed E-state index contributed by atoms with van der Waals surface area (Å²) in [6.07, 6.45) is 0. The molecule has 2 aliphatic rings. The molecule has 0 aliphatic carbocycles. The van der Waals surface area contributed by atoms with Crippen molar-refractivity contribution in [2.75, 3.05) is 46.9 Å². The van der Waals surface area contributed by atoms with Crippen LogP contribution in [0.4, 0.5) is 0 Å². The lowest BCUT2D eigenvalue weighted by molar-refractivity contribution is 0.0713. The number of fused-ring (bicyclic) bond motifs is 1. The number of nitrogens with zero attached hydrogens (tertiary/aromatic N) is 2. The average Bonchev–Trinajstić information content (AvgIpc) is 2.47. The molecule has 20 heavy (non-hydrogen) atoms. The molecule has 1 saturated heterocycles. The molecule has 2 atom stereocenters. The number of hydrogen-bond donors (Lipinski definition) is 1. The maximum atomic E-state index is 6.33. The van der Waals surface area contributed by atoms with E-state index in [0.717, 1.165) is 43.2 Å². The van der Waals surface area contributed by atoms with Crippen LogP contribution in [0.15, 0.2) is 18.2 Å². The van der Waals surface area contributed by atoms with Crippen molar-refractivity contribution >= 4 is 0 Å². The predicted octanol–water partition coefficient (Wildman–Crippen LogP) is 0.703. The van der Waals surface area contributed by atoms with Gasteiger partial charge >= 0.3 is 0 Å². The van der Waals surface area contributed by atoms with E-state index < -0.39 is 0 Å². The minimum Gasteiger partial charge on any atom is -0.493 e. The summed E-state index contributed by atoms with van der Waals surface area (Å²) < 4.78 is 11.2. The van der Waals surface area contributed by atoms with Crippen LogP contribution >= 0.6 is 0 Å². The Labute approximate surface area is 120 Å². The van der Waals surface area contributed by atoms with Crippen molar-refractivity contribution in [3.63, 3.8) is 0 Å². The molecule has 0 spiro atoms. The lowest BCUT2D eigenvalue weighted by Crippen LogP contribution is -2.53. The maximum absolute atomic E-state index is 6.33. The van der Waals surface area contributed by atoms with Crippen molar-refractivity contribution < 1.29 is 9.47 Å². The fraction of sp³-hybridized carbons (Fsp3) is 0.600. The van der Waals surface area contributed by atoms with Crippen molar-refractivity contribution in [3.05, 3.63) is 23.8 Å². The van der Waals surface area contributed by atoms with Crippen molar-refractivity contribution in [2.45, 2.75) is 12.1 Å². The summed E-state index contributed by atoms with van der Waals surface area (Å²) >= 11 is 0. The first kappa shape index (κ1) is 13.7. The number of hydrogen-bond acceptors (Lipinski definition) is 5. The highest BCUT2D eigenvalue weighted by Gasteiger charge is 2.35. The van der Waals surface area contributed by atoms with E-state index in [1.165, 1.54) is 0 Å². The second-order valence-electron chi connectivity index (χ2n) is 5.64. The van der Waals surface area contributed by atoms with Crippen molar-refractivity contribution in [1.82, 2.24) is 9.80 Å². The van der Waals surface area contributed by atoms with E-state index in [1.807, 2.05) is 12.1 Å². The van der Waals surface area contributed by atoms with E-state index in [4.69, 9.17) is 15.2 Å². The summed E-state index contributed by atoms with van der Waals surface area (Å²) in [4.78, 5) is 4.83. The molecule has 0 amide bonds. The Morgan fingerprint density at radius 2 is 2.00 bits per heavy atom. The molecule has 1 aromatic rings. The van der Waals surface area contributed by atoms with Gasteiger partial charge in [-0.3, -0.25) is 4.90 Å². The van der Waals surface area contributed by atoms with Gasteiger partial charge in [0.1, 0.15) is 6.61 Å². The van der Waals surface area contributed by atoms with E-state index in [1.54, 1.807) is 7.11 Å². The van der Waals surface area contributed by atoms with Gasteiger partial charge in [0, 0.05) is 31.7 Å². The van der Waals surface area contributed by atoms with E-state index in [2.05, 4.69) is 22.9 Å². The molecule has 110 valence electrons. The third kappa shape index (κ3) is 2.37. The highest BCUT2D eigenvalue weighted by Crippen LogP contribution is 2.41. The van der Waals surface area contributed by atoms with Crippen LogP contribution in [-0.4, -0.2) is 62.8 Å². The van der Waals surface area contributed by atoms with E-state index in [0.29, 0.717) is 6.61 Å². The minimum absolute atomic E-state index is 0.0120. The van der Waals surface area contributed by atoms with Gasteiger partial charge in [-0.05, 0) is 13.1 Å². The lowest BCUT2D eigenvalue weighted by atomic mass is 9.94. The molecule has 2 unspecified atom stereocenters. The van der Waals surface area contributed by atoms with Crippen LogP contribution in [0.1, 0.15) is 11.6 Å². The van der Waals surface area contributed by atoms with Gasteiger partial charge in [-0.1, -0.05) is 12.1 Å². The van der Waals surface area contributed by atoms with Gasteiger partial charge in [0.15, 0.2) is 11.5 Å². The summed E-state index contributed by atoms with van der Waals surface area (Å²) in [5.41, 5.74) is 7.49. The van der Waals surface area contributed by atoms with Crippen LogP contribution in [-0.2, 0) is 0 Å². The first-order chi connectivity index (χ1) is 9.70. The van der Waals surface area contributed by atoms with Gasteiger partial charge in [0.2, 0.25) is 0 Å². The smallest absolute Gasteiger partial charge is 0.166 e. The number of likely N-dealkylation sites (N-methyl/N-ethyl adjacent to an activating group) is 1. The zero-order valence-electron chi connectivity index (χ0n) is 12.2. The molecule has 2 N–H and O–H groups in total. The van der Waals surface area contributed by atoms with Crippen LogP contribution in [0.25, 0.3) is 0 Å². The zero-order chi connectivity index (χ0) is 14.1. The topological polar surface area (TPSA) is 51.0 Å². The molecule has 5 nitrogen and oxygen atoms in total. The predicted molar refractivity (Wildman–Crippen MR) is 78.3 cm³/mol. The van der Waals surface area contributed by atoms with Crippen LogP contribution < -0.4 is 15.2 Å². The third-order valence-corrected chi connectivity index (χ3v) is 4.30. The monoisotopic (exact) mass is 277 g/mol. The number of nitrogens with two attached hydrogens (primary N) is 1. The van der Waals surface area contributed by atoms with E-state index in [-0.39, 0.29) is 12.1 Å². The summed E-state index contributed by atoms with van der Waals surface area (Å²) in [6, 6.07) is 6.30. The molecule has 1 aromatic carbocycles. The number of rotatable bonds is 2. The highest BCUT2D eigenvalue weighted by molar-refractivity contribution is 5.49. The summed E-state index contributed by atoms with van der Waals surface area (Å²) in [6.45, 7) is 4.81. The lowest BCUT2D eigenvalue weighted by Gasteiger charge is -2.43. The summed E-state index contributed by atoms with van der Waals surface area (Å²) in [7, 11) is 3.84. The van der Waals surface area contributed by atoms with Crippen molar-refractivity contribution in [2.24, 2.45) is 5.73 Å². The Balaban J connectivity index is 1.91. The van der Waals surface area contributed by atoms with Gasteiger partial charge in [-0.25, -0.2) is 0 Å². The minimum atomic E-state index is 0.0120. The third-order valence-electron chi connectivity index (χ3n) is 4.30. The molecule has 3 rings (SSSR count). The van der Waals surface area contributed by atoms with Crippen molar-refractivity contribution in [1.29, 1.82) is 0 Å². The second kappa shape index (κ2) is 5.60. The van der Waals surface area contributed by atoms with Gasteiger partial charge in [0.25, 0.3) is 0 Å². The van der Waals surface area contributed by atoms with E-state index >= 15 is 0 Å². The maximum Gasteiger partial charge on any atom is 0.166 e. The van der Waals surface area contributed by atoms with Crippen LogP contribution in [0.2, 0.25) is 0 Å². The Hall–Kier alpha value is -1.30. The van der Waals surface area contributed by atoms with Gasteiger partial charge < -0.3 is 20.1 Å². The number of ether oxygens (including phenoxy) is 2. The summed E-state index contributed by atoms with van der Waals surface area (Å²) in [5, 5.41) is 0. The van der Waals surface area contributed by atoms with Crippen LogP contribution in [0, 0.1) is 0 Å². The fourth-order valence-corrected chi connectivity index (χ4v) is 3.15. The van der Waals surface area contributed by atoms with Crippen molar-refractivity contribution in [3.8, 4) is 11.5 Å².